The number of methoxy groups -OCH3 is 1. The maximum absolute atomic E-state index is 11.3. The van der Waals surface area contributed by atoms with Crippen LogP contribution in [0.25, 0.3) is 0 Å². The second-order valence-corrected chi connectivity index (χ2v) is 5.22. The van der Waals surface area contributed by atoms with Crippen LogP contribution < -0.4 is 5.32 Å². The summed E-state index contributed by atoms with van der Waals surface area (Å²) in [6.07, 6.45) is -0.591. The molecule has 0 aromatic carbocycles. The summed E-state index contributed by atoms with van der Waals surface area (Å²) in [5.41, 5.74) is -0.561. The van der Waals surface area contributed by atoms with E-state index in [2.05, 4.69) is 10.1 Å². The summed E-state index contributed by atoms with van der Waals surface area (Å²) in [4.78, 5) is 22.5. The van der Waals surface area contributed by atoms with Crippen LogP contribution in [0.5, 0.6) is 0 Å². The molecule has 1 amide bonds. The number of alkyl carbamates (subject to hydrolysis) is 1. The fourth-order valence-corrected chi connectivity index (χ4v) is 1.64. The van der Waals surface area contributed by atoms with Crippen LogP contribution in [0.1, 0.15) is 20.8 Å². The van der Waals surface area contributed by atoms with Crippen LogP contribution in [0.2, 0.25) is 5.02 Å². The number of halogens is 1. The summed E-state index contributed by atoms with van der Waals surface area (Å²) in [6, 6.07) is -0.593. The Morgan fingerprint density at radius 1 is 1.38 bits per heavy atom. The van der Waals surface area contributed by atoms with E-state index in [1.54, 1.807) is 20.8 Å². The van der Waals surface area contributed by atoms with Gasteiger partial charge in [0.05, 0.1) is 0 Å². The smallest absolute Gasteiger partial charge is 0.107 e. The van der Waals surface area contributed by atoms with Crippen LogP contribution in [0.15, 0.2) is 0 Å². The molecule has 0 heterocycles. The molecule has 0 fully saturated rings. The van der Waals surface area contributed by atoms with Gasteiger partial charge in [-0.15, -0.1) is 24.0 Å². The van der Waals surface area contributed by atoms with Gasteiger partial charge in [0, 0.05) is 0 Å². The molecule has 0 aliphatic carbocycles. The SMILES string of the molecule is COC(=O)C([CH2][Zn])NC(=O)OC(C)(C)C.I. The number of esters is 1. The van der Waals surface area contributed by atoms with Crippen molar-refractivity contribution in [3.8, 4) is 0 Å². The van der Waals surface area contributed by atoms with Crippen molar-refractivity contribution in [1.29, 1.82) is 0 Å². The van der Waals surface area contributed by atoms with Gasteiger partial charge >= 0.3 is 99.3 Å². The van der Waals surface area contributed by atoms with Crippen molar-refractivity contribution in [3.05, 3.63) is 0 Å². The van der Waals surface area contributed by atoms with Crippen molar-refractivity contribution in [1.82, 2.24) is 5.32 Å². The Bertz CT molecular complexity index is 242. The summed E-state index contributed by atoms with van der Waals surface area (Å²) in [5.74, 6) is -0.438. The number of rotatable bonds is 3. The monoisotopic (exact) mass is 394 g/mol. The standard InChI is InChI=1S/C9H16NO4.HI.Zn/c1-6(7(11)13-5)10-8(12)14-9(2,3)4;;/h6H,1H2,2-5H3,(H,10,12);1H;. The van der Waals surface area contributed by atoms with E-state index in [9.17, 15) is 9.59 Å². The first-order valence-electron chi connectivity index (χ1n) is 4.66. The van der Waals surface area contributed by atoms with Crippen molar-refractivity contribution in [2.75, 3.05) is 7.11 Å². The molecule has 0 aromatic rings. The van der Waals surface area contributed by atoms with Crippen LogP contribution in [0.3, 0.4) is 0 Å². The Balaban J connectivity index is 0. The van der Waals surface area contributed by atoms with E-state index >= 15 is 0 Å². The second-order valence-electron chi connectivity index (χ2n) is 4.01. The van der Waals surface area contributed by atoms with Gasteiger partial charge in [-0.25, -0.2) is 0 Å². The van der Waals surface area contributed by atoms with Gasteiger partial charge in [-0.1, -0.05) is 0 Å². The zero-order valence-electron chi connectivity index (χ0n) is 10.0. The van der Waals surface area contributed by atoms with Crippen LogP contribution in [-0.2, 0) is 32.6 Å². The molecule has 0 saturated heterocycles. The first kappa shape index (κ1) is 18.5. The van der Waals surface area contributed by atoms with Gasteiger partial charge in [-0.3, -0.25) is 0 Å². The summed E-state index contributed by atoms with van der Waals surface area (Å²) in [5, 5.41) is 3.06. The van der Waals surface area contributed by atoms with E-state index in [1.807, 2.05) is 0 Å². The van der Waals surface area contributed by atoms with E-state index in [0.29, 0.717) is 5.02 Å². The van der Waals surface area contributed by atoms with Crippen LogP contribution in [-0.4, -0.2) is 30.8 Å². The van der Waals surface area contributed by atoms with Gasteiger partial charge < -0.3 is 0 Å². The molecular formula is C9H17INO4Zn. The first-order valence-corrected chi connectivity index (χ1v) is 6.76. The summed E-state index contributed by atoms with van der Waals surface area (Å²) >= 11 is 0.898. The van der Waals surface area contributed by atoms with Crippen LogP contribution in [0, 0.1) is 0 Å². The fourth-order valence-electron chi connectivity index (χ4n) is 0.841. The molecule has 0 saturated carbocycles. The molecular weight excluding hydrogens is 378 g/mol. The van der Waals surface area contributed by atoms with Crippen molar-refractivity contribution in [2.24, 2.45) is 0 Å². The predicted octanol–water partition coefficient (Wildman–Crippen LogP) is 1.64. The third-order valence-corrected chi connectivity index (χ3v) is 2.68. The number of hydrogen-bond acceptors (Lipinski definition) is 4. The molecule has 5 nitrogen and oxygen atoms in total. The Morgan fingerprint density at radius 3 is 2.19 bits per heavy atom. The molecule has 0 aromatic heterocycles. The number of amides is 1. The zero-order chi connectivity index (χ0) is 12.1. The minimum Gasteiger partial charge on any atom is -0.107 e. The van der Waals surface area contributed by atoms with E-state index in [0.717, 1.165) is 18.3 Å². The molecule has 16 heavy (non-hydrogen) atoms. The minimum absolute atomic E-state index is 0. The summed E-state index contributed by atoms with van der Waals surface area (Å²) in [6.45, 7) is 5.29. The number of nitrogens with one attached hydrogen (secondary N) is 1. The Morgan fingerprint density at radius 2 is 1.88 bits per heavy atom. The number of carbonyl (C=O) groups is 2. The number of hydrogen-bond donors (Lipinski definition) is 1. The Hall–Kier alpha value is 0.0934. The maximum atomic E-state index is 11.3. The average Bonchev–Trinajstić information content (AvgIpc) is 2.10. The normalized spacial score (nSPS) is 12.1. The van der Waals surface area contributed by atoms with E-state index in [4.69, 9.17) is 4.74 Å². The Labute approximate surface area is 123 Å². The molecule has 7 heteroatoms. The van der Waals surface area contributed by atoms with Crippen LogP contribution in [0.4, 0.5) is 4.79 Å². The van der Waals surface area contributed by atoms with Crippen molar-refractivity contribution >= 4 is 36.0 Å². The molecule has 0 aliphatic rings. The number of ether oxygens (including phenoxy) is 2. The second kappa shape index (κ2) is 8.22. The van der Waals surface area contributed by atoms with E-state index in [1.165, 1.54) is 7.11 Å². The summed E-state index contributed by atoms with van der Waals surface area (Å²) < 4.78 is 9.57. The minimum atomic E-state index is -0.593. The zero-order valence-corrected chi connectivity index (χ0v) is 15.3. The molecule has 1 N–H and O–H groups in total. The van der Waals surface area contributed by atoms with Crippen molar-refractivity contribution in [3.63, 3.8) is 0 Å². The quantitative estimate of drug-likeness (QED) is 0.448. The molecule has 0 bridgehead atoms. The third kappa shape index (κ3) is 8.27. The average molecular weight is 396 g/mol. The van der Waals surface area contributed by atoms with Crippen molar-refractivity contribution in [2.45, 2.75) is 37.4 Å². The number of carbonyl (C=O) groups excluding carboxylic acids is 2. The maximum Gasteiger partial charge on any atom is -0.107 e. The first-order chi connectivity index (χ1) is 6.80. The van der Waals surface area contributed by atoms with Gasteiger partial charge in [0.2, 0.25) is 0 Å². The van der Waals surface area contributed by atoms with Crippen LogP contribution >= 0.6 is 24.0 Å². The topological polar surface area (TPSA) is 64.6 Å². The fraction of sp³-hybridized carbons (Fsp3) is 0.778. The van der Waals surface area contributed by atoms with Crippen molar-refractivity contribution < 1.29 is 37.4 Å². The van der Waals surface area contributed by atoms with Gasteiger partial charge in [0.25, 0.3) is 0 Å². The molecule has 91 valence electrons. The van der Waals surface area contributed by atoms with E-state index < -0.39 is 23.7 Å². The molecule has 1 atom stereocenters. The molecule has 1 unspecified atom stereocenters. The largest absolute Gasteiger partial charge is 0.107 e. The Kier molecular flexibility index (Phi) is 9.49. The van der Waals surface area contributed by atoms with Gasteiger partial charge in [-0.05, 0) is 0 Å². The van der Waals surface area contributed by atoms with Gasteiger partial charge in [0.15, 0.2) is 0 Å². The third-order valence-electron chi connectivity index (χ3n) is 1.47. The molecule has 0 spiro atoms. The van der Waals surface area contributed by atoms with E-state index in [-0.39, 0.29) is 24.0 Å². The van der Waals surface area contributed by atoms with Gasteiger partial charge in [-0.2, -0.15) is 0 Å². The molecule has 0 aliphatic heterocycles. The summed E-state index contributed by atoms with van der Waals surface area (Å²) in [7, 11) is 1.29. The van der Waals surface area contributed by atoms with Gasteiger partial charge in [0.1, 0.15) is 0 Å². The predicted molar refractivity (Wildman–Crippen MR) is 65.4 cm³/mol. The molecule has 0 rings (SSSR count). The molecule has 0 radical (unpaired) electrons.